The summed E-state index contributed by atoms with van der Waals surface area (Å²) in [6.45, 7) is -0.345. The Kier molecular flexibility index (Phi) is 5.73. The molecule has 0 saturated heterocycles. The number of benzene rings is 2. The predicted octanol–water partition coefficient (Wildman–Crippen LogP) is 2.24. The molecule has 0 aromatic heterocycles. The average Bonchev–Trinajstić information content (AvgIpc) is 3.18. The number of methoxy groups -OCH3 is 3. The van der Waals surface area contributed by atoms with Crippen molar-refractivity contribution < 1.29 is 38.0 Å². The van der Waals surface area contributed by atoms with Crippen LogP contribution in [-0.2, 0) is 9.53 Å². The Hall–Kier alpha value is -3.62. The number of carbonyl (C=O) groups is 2. The molecule has 1 amide bonds. The van der Waals surface area contributed by atoms with E-state index in [-0.39, 0.29) is 23.9 Å². The molecule has 0 radical (unpaired) electrons. The summed E-state index contributed by atoms with van der Waals surface area (Å²) in [5.74, 6) is 0.698. The fraction of sp³-hybridized carbons (Fsp3) is 0.263. The van der Waals surface area contributed by atoms with Crippen LogP contribution in [0.4, 0.5) is 5.69 Å². The van der Waals surface area contributed by atoms with Crippen LogP contribution >= 0.6 is 0 Å². The first kappa shape index (κ1) is 19.2. The number of fused-ring (bicyclic) bond motifs is 1. The Morgan fingerprint density at radius 1 is 0.964 bits per heavy atom. The molecule has 0 aliphatic carbocycles. The molecule has 0 unspecified atom stereocenters. The van der Waals surface area contributed by atoms with Gasteiger partial charge in [0.2, 0.25) is 12.5 Å². The van der Waals surface area contributed by atoms with Crippen molar-refractivity contribution in [3.8, 4) is 28.7 Å². The number of ether oxygens (including phenoxy) is 6. The van der Waals surface area contributed by atoms with Crippen LogP contribution in [0.25, 0.3) is 0 Å². The molecule has 1 aliphatic rings. The lowest BCUT2D eigenvalue weighted by atomic mass is 10.1. The van der Waals surface area contributed by atoms with Gasteiger partial charge in [-0.2, -0.15) is 0 Å². The van der Waals surface area contributed by atoms with Crippen molar-refractivity contribution in [1.29, 1.82) is 0 Å². The second-order valence-corrected chi connectivity index (χ2v) is 5.57. The zero-order valence-electron chi connectivity index (χ0n) is 15.6. The number of rotatable bonds is 7. The van der Waals surface area contributed by atoms with E-state index in [1.165, 1.54) is 27.4 Å². The third-order valence-electron chi connectivity index (χ3n) is 3.91. The van der Waals surface area contributed by atoms with E-state index < -0.39 is 18.5 Å². The third-order valence-corrected chi connectivity index (χ3v) is 3.91. The van der Waals surface area contributed by atoms with Gasteiger partial charge in [0.15, 0.2) is 29.6 Å². The summed E-state index contributed by atoms with van der Waals surface area (Å²) in [6.07, 6.45) is 0. The molecule has 1 aliphatic heterocycles. The zero-order chi connectivity index (χ0) is 20.1. The second kappa shape index (κ2) is 8.38. The highest BCUT2D eigenvalue weighted by Crippen LogP contribution is 2.40. The number of nitrogens with one attached hydrogen (secondary N) is 1. The molecule has 0 saturated carbocycles. The van der Waals surface area contributed by atoms with E-state index in [0.717, 1.165) is 0 Å². The molecule has 0 bridgehead atoms. The van der Waals surface area contributed by atoms with Crippen molar-refractivity contribution in [1.82, 2.24) is 0 Å². The van der Waals surface area contributed by atoms with Gasteiger partial charge < -0.3 is 33.7 Å². The van der Waals surface area contributed by atoms with Crippen LogP contribution in [0.1, 0.15) is 10.4 Å². The van der Waals surface area contributed by atoms with Gasteiger partial charge in [-0.1, -0.05) is 0 Å². The van der Waals surface area contributed by atoms with Gasteiger partial charge in [-0.25, -0.2) is 4.79 Å². The summed E-state index contributed by atoms with van der Waals surface area (Å²) in [4.78, 5) is 24.5. The Morgan fingerprint density at radius 3 is 2.43 bits per heavy atom. The maximum atomic E-state index is 12.4. The molecule has 28 heavy (non-hydrogen) atoms. The third kappa shape index (κ3) is 3.88. The van der Waals surface area contributed by atoms with E-state index in [2.05, 4.69) is 5.32 Å². The first-order valence-electron chi connectivity index (χ1n) is 8.23. The standard InChI is InChI=1S/C19H19NO8/c1-23-14-7-5-12(17(24-2)18(14)25-3)19(22)26-9-16(21)20-11-4-6-13-15(8-11)28-10-27-13/h4-8H,9-10H2,1-3H3,(H,20,21). The SMILES string of the molecule is COc1ccc(C(=O)OCC(=O)Nc2ccc3c(c2)OCO3)c(OC)c1OC. The lowest BCUT2D eigenvalue weighted by molar-refractivity contribution is -0.119. The normalized spacial score (nSPS) is 11.5. The van der Waals surface area contributed by atoms with E-state index in [1.54, 1.807) is 24.3 Å². The summed E-state index contributed by atoms with van der Waals surface area (Å²) in [6, 6.07) is 7.98. The van der Waals surface area contributed by atoms with Crippen molar-refractivity contribution >= 4 is 17.6 Å². The number of carbonyl (C=O) groups excluding carboxylic acids is 2. The molecule has 1 N–H and O–H groups in total. The Morgan fingerprint density at radius 2 is 1.71 bits per heavy atom. The average molecular weight is 389 g/mol. The quantitative estimate of drug-likeness (QED) is 0.720. The first-order valence-corrected chi connectivity index (χ1v) is 8.23. The summed E-state index contributed by atoms with van der Waals surface area (Å²) in [5.41, 5.74) is 0.602. The zero-order valence-corrected chi connectivity index (χ0v) is 15.6. The molecule has 0 fully saturated rings. The summed E-state index contributed by atoms with van der Waals surface area (Å²) >= 11 is 0. The maximum Gasteiger partial charge on any atom is 0.342 e. The molecule has 1 heterocycles. The summed E-state index contributed by atoms with van der Waals surface area (Å²) < 4.78 is 31.2. The Bertz CT molecular complexity index is 896. The van der Waals surface area contributed by atoms with Crippen molar-refractivity contribution in [3.63, 3.8) is 0 Å². The van der Waals surface area contributed by atoms with E-state index >= 15 is 0 Å². The van der Waals surface area contributed by atoms with Gasteiger partial charge in [0, 0.05) is 11.8 Å². The van der Waals surface area contributed by atoms with Gasteiger partial charge in [-0.05, 0) is 24.3 Å². The van der Waals surface area contributed by atoms with E-state index in [1.807, 2.05) is 0 Å². The molecule has 9 nitrogen and oxygen atoms in total. The molecular formula is C19H19NO8. The van der Waals surface area contributed by atoms with Crippen LogP contribution in [0.5, 0.6) is 28.7 Å². The molecule has 148 valence electrons. The van der Waals surface area contributed by atoms with E-state index in [0.29, 0.717) is 22.9 Å². The highest BCUT2D eigenvalue weighted by Gasteiger charge is 2.22. The number of hydrogen-bond acceptors (Lipinski definition) is 8. The van der Waals surface area contributed by atoms with Crippen molar-refractivity contribution in [2.75, 3.05) is 40.0 Å². The second-order valence-electron chi connectivity index (χ2n) is 5.57. The van der Waals surface area contributed by atoms with Gasteiger partial charge in [0.05, 0.1) is 21.3 Å². The van der Waals surface area contributed by atoms with Crippen LogP contribution < -0.4 is 29.0 Å². The first-order chi connectivity index (χ1) is 13.6. The summed E-state index contributed by atoms with van der Waals surface area (Å²) in [7, 11) is 4.28. The van der Waals surface area contributed by atoms with Crippen LogP contribution in [-0.4, -0.2) is 46.6 Å². The molecule has 0 spiro atoms. The maximum absolute atomic E-state index is 12.4. The minimum Gasteiger partial charge on any atom is -0.493 e. The Labute approximate surface area is 161 Å². The van der Waals surface area contributed by atoms with Crippen molar-refractivity contribution in [3.05, 3.63) is 35.9 Å². The van der Waals surface area contributed by atoms with Crippen LogP contribution in [0.3, 0.4) is 0 Å². The van der Waals surface area contributed by atoms with Gasteiger partial charge in [0.1, 0.15) is 5.56 Å². The van der Waals surface area contributed by atoms with E-state index in [9.17, 15) is 9.59 Å². The highest BCUT2D eigenvalue weighted by molar-refractivity contribution is 5.97. The van der Waals surface area contributed by atoms with Crippen LogP contribution in [0.2, 0.25) is 0 Å². The van der Waals surface area contributed by atoms with Crippen molar-refractivity contribution in [2.45, 2.75) is 0 Å². The molecule has 0 atom stereocenters. The van der Waals surface area contributed by atoms with Gasteiger partial charge in [-0.3, -0.25) is 4.79 Å². The Balaban J connectivity index is 1.64. The topological polar surface area (TPSA) is 102 Å². The minimum absolute atomic E-state index is 0.107. The number of hydrogen-bond donors (Lipinski definition) is 1. The molecular weight excluding hydrogens is 370 g/mol. The van der Waals surface area contributed by atoms with Gasteiger partial charge in [0.25, 0.3) is 5.91 Å². The molecule has 3 rings (SSSR count). The summed E-state index contributed by atoms with van der Waals surface area (Å²) in [5, 5.41) is 2.62. The van der Waals surface area contributed by atoms with E-state index in [4.69, 9.17) is 28.4 Å². The number of amides is 1. The lowest BCUT2D eigenvalue weighted by Crippen LogP contribution is -2.21. The van der Waals surface area contributed by atoms with Gasteiger partial charge >= 0.3 is 5.97 Å². The van der Waals surface area contributed by atoms with Crippen molar-refractivity contribution in [2.24, 2.45) is 0 Å². The largest absolute Gasteiger partial charge is 0.493 e. The molecule has 9 heteroatoms. The smallest absolute Gasteiger partial charge is 0.342 e. The number of anilines is 1. The molecule has 2 aromatic carbocycles. The number of esters is 1. The van der Waals surface area contributed by atoms with Crippen LogP contribution in [0.15, 0.2) is 30.3 Å². The fourth-order valence-electron chi connectivity index (χ4n) is 2.64. The fourth-order valence-corrected chi connectivity index (χ4v) is 2.64. The molecule has 2 aromatic rings. The predicted molar refractivity (Wildman–Crippen MR) is 97.6 cm³/mol. The lowest BCUT2D eigenvalue weighted by Gasteiger charge is -2.15. The monoisotopic (exact) mass is 389 g/mol. The van der Waals surface area contributed by atoms with Crippen LogP contribution in [0, 0.1) is 0 Å². The highest BCUT2D eigenvalue weighted by atomic mass is 16.7. The van der Waals surface area contributed by atoms with Gasteiger partial charge in [-0.15, -0.1) is 0 Å². The minimum atomic E-state index is -0.737.